The lowest BCUT2D eigenvalue weighted by Crippen LogP contribution is -2.55. The molecule has 1 aromatic carbocycles. The summed E-state index contributed by atoms with van der Waals surface area (Å²) in [5, 5.41) is 0.127. The van der Waals surface area contributed by atoms with E-state index in [1.807, 2.05) is 24.3 Å². The molecule has 1 aliphatic carbocycles. The van der Waals surface area contributed by atoms with Crippen molar-refractivity contribution < 1.29 is 14.0 Å². The quantitative estimate of drug-likeness (QED) is 0.345. The molecule has 0 unspecified atom stereocenters. The molecule has 1 saturated carbocycles. The number of carbonyl (C=O) groups is 1. The number of ether oxygens (including phenoxy) is 1. The van der Waals surface area contributed by atoms with Crippen LogP contribution in [-0.4, -0.2) is 26.8 Å². The van der Waals surface area contributed by atoms with Crippen molar-refractivity contribution in [2.24, 2.45) is 17.8 Å². The molecule has 0 aromatic heterocycles. The summed E-state index contributed by atoms with van der Waals surface area (Å²) < 4.78 is 13.2. The zero-order valence-corrected chi connectivity index (χ0v) is 18.8. The van der Waals surface area contributed by atoms with E-state index in [2.05, 4.69) is 59.5 Å². The Morgan fingerprint density at radius 3 is 2.33 bits per heavy atom. The molecule has 0 aliphatic heterocycles. The van der Waals surface area contributed by atoms with Crippen molar-refractivity contribution in [1.29, 1.82) is 0 Å². The van der Waals surface area contributed by atoms with Gasteiger partial charge in [0.25, 0.3) is 0 Å². The summed E-state index contributed by atoms with van der Waals surface area (Å²) in [6.45, 7) is 18.0. The van der Waals surface area contributed by atoms with E-state index in [1.54, 1.807) is 0 Å². The second kappa shape index (κ2) is 8.85. The molecular weight excluding hydrogens is 352 g/mol. The maximum atomic E-state index is 11.7. The highest BCUT2D eigenvalue weighted by Gasteiger charge is 2.48. The van der Waals surface area contributed by atoms with Crippen LogP contribution in [0.2, 0.25) is 18.1 Å². The number of hydrogen-bond acceptors (Lipinski definition) is 3. The highest BCUT2D eigenvalue weighted by atomic mass is 28.4. The van der Waals surface area contributed by atoms with Gasteiger partial charge in [-0.2, -0.15) is 0 Å². The number of benzene rings is 1. The SMILES string of the molecule is C=C[C@H]1[C@@H](OCc2ccccc2)[C@H](O[Si](C)(C)C(C)(C)C)[C@H](C)C[C@@H]1C=O. The fraction of sp³-hybridized carbons (Fsp3) is 0.609. The van der Waals surface area contributed by atoms with Gasteiger partial charge in [-0.3, -0.25) is 0 Å². The third-order valence-electron chi connectivity index (χ3n) is 6.37. The molecule has 0 bridgehead atoms. The van der Waals surface area contributed by atoms with E-state index < -0.39 is 8.32 Å². The van der Waals surface area contributed by atoms with Crippen molar-refractivity contribution in [3.05, 3.63) is 48.6 Å². The predicted molar refractivity (Wildman–Crippen MR) is 114 cm³/mol. The molecule has 1 aromatic rings. The first-order valence-electron chi connectivity index (χ1n) is 10.0. The van der Waals surface area contributed by atoms with E-state index in [0.717, 1.165) is 18.3 Å². The zero-order chi connectivity index (χ0) is 20.2. The van der Waals surface area contributed by atoms with Gasteiger partial charge in [-0.15, -0.1) is 6.58 Å². The van der Waals surface area contributed by atoms with Crippen LogP contribution in [0.15, 0.2) is 43.0 Å². The van der Waals surface area contributed by atoms with Crippen molar-refractivity contribution >= 4 is 14.6 Å². The molecule has 0 spiro atoms. The van der Waals surface area contributed by atoms with E-state index in [4.69, 9.17) is 9.16 Å². The van der Waals surface area contributed by atoms with E-state index >= 15 is 0 Å². The molecule has 1 aliphatic rings. The summed E-state index contributed by atoms with van der Waals surface area (Å²) >= 11 is 0. The van der Waals surface area contributed by atoms with Crippen molar-refractivity contribution in [2.45, 2.75) is 71.1 Å². The highest BCUT2D eigenvalue weighted by molar-refractivity contribution is 6.74. The molecular formula is C23H36O3Si. The van der Waals surface area contributed by atoms with Crippen LogP contribution >= 0.6 is 0 Å². The fourth-order valence-corrected chi connectivity index (χ4v) is 5.04. The fourth-order valence-electron chi connectivity index (χ4n) is 3.64. The van der Waals surface area contributed by atoms with Gasteiger partial charge < -0.3 is 14.0 Å². The summed E-state index contributed by atoms with van der Waals surface area (Å²) in [4.78, 5) is 11.7. The van der Waals surface area contributed by atoms with Crippen molar-refractivity contribution in [1.82, 2.24) is 0 Å². The molecule has 3 nitrogen and oxygen atoms in total. The van der Waals surface area contributed by atoms with Crippen LogP contribution in [0.5, 0.6) is 0 Å². The molecule has 0 amide bonds. The molecule has 0 saturated heterocycles. The monoisotopic (exact) mass is 388 g/mol. The minimum Gasteiger partial charge on any atom is -0.411 e. The molecule has 1 fully saturated rings. The Labute approximate surface area is 166 Å². The van der Waals surface area contributed by atoms with Crippen LogP contribution in [0, 0.1) is 17.8 Å². The Bertz CT molecular complexity index is 620. The Hall–Kier alpha value is -1.23. The van der Waals surface area contributed by atoms with E-state index in [9.17, 15) is 4.79 Å². The standard InChI is InChI=1S/C23H36O3Si/c1-8-20-19(15-24)14-17(2)21(26-27(6,7)23(3,4)5)22(20)25-16-18-12-10-9-11-13-18/h8-13,15,17,19-22H,1,14,16H2,2-7H3/t17-,19-,20-,21-,22-/m1/s1. The lowest BCUT2D eigenvalue weighted by molar-refractivity contribution is -0.133. The lowest BCUT2D eigenvalue weighted by atomic mass is 9.71. The molecule has 150 valence electrons. The minimum absolute atomic E-state index is 0.0165. The molecule has 0 heterocycles. The summed E-state index contributed by atoms with van der Waals surface area (Å²) in [6, 6.07) is 10.2. The first kappa shape index (κ1) is 22.1. The Kier molecular flexibility index (Phi) is 7.23. The maximum Gasteiger partial charge on any atom is 0.192 e. The highest BCUT2D eigenvalue weighted by Crippen LogP contribution is 2.43. The smallest absolute Gasteiger partial charge is 0.192 e. The topological polar surface area (TPSA) is 35.5 Å². The van der Waals surface area contributed by atoms with Crippen molar-refractivity contribution in [2.75, 3.05) is 0 Å². The minimum atomic E-state index is -1.96. The number of aldehydes is 1. The summed E-state index contributed by atoms with van der Waals surface area (Å²) in [5.74, 6) is 0.195. The van der Waals surface area contributed by atoms with Crippen LogP contribution < -0.4 is 0 Å². The van der Waals surface area contributed by atoms with Crippen LogP contribution in [-0.2, 0) is 20.6 Å². The Morgan fingerprint density at radius 1 is 1.19 bits per heavy atom. The number of rotatable bonds is 7. The molecule has 5 atom stereocenters. The average Bonchev–Trinajstić information content (AvgIpc) is 2.61. The van der Waals surface area contributed by atoms with Crippen LogP contribution in [0.25, 0.3) is 0 Å². The summed E-state index contributed by atoms with van der Waals surface area (Å²) in [6.07, 6.45) is 3.61. The predicted octanol–water partition coefficient (Wildman–Crippen LogP) is 5.62. The Balaban J connectivity index is 2.28. The van der Waals surface area contributed by atoms with Crippen LogP contribution in [0.1, 0.15) is 39.7 Å². The van der Waals surface area contributed by atoms with Gasteiger partial charge in [-0.1, -0.05) is 64.1 Å². The van der Waals surface area contributed by atoms with Crippen molar-refractivity contribution in [3.8, 4) is 0 Å². The van der Waals surface area contributed by atoms with Gasteiger partial charge in [0.1, 0.15) is 6.29 Å². The third-order valence-corrected chi connectivity index (χ3v) is 10.8. The third kappa shape index (κ3) is 5.18. The Morgan fingerprint density at radius 2 is 1.81 bits per heavy atom. The second-order valence-corrected chi connectivity index (χ2v) is 14.2. The normalized spacial score (nSPS) is 29.3. The number of carbonyl (C=O) groups excluding carboxylic acids is 1. The first-order chi connectivity index (χ1) is 12.6. The van der Waals surface area contributed by atoms with E-state index in [1.165, 1.54) is 0 Å². The second-order valence-electron chi connectivity index (χ2n) is 9.43. The van der Waals surface area contributed by atoms with E-state index in [0.29, 0.717) is 6.61 Å². The van der Waals surface area contributed by atoms with Gasteiger partial charge in [0.15, 0.2) is 8.32 Å². The van der Waals surface area contributed by atoms with E-state index in [-0.39, 0.29) is 35.0 Å². The van der Waals surface area contributed by atoms with Crippen LogP contribution in [0.3, 0.4) is 0 Å². The van der Waals surface area contributed by atoms with Gasteiger partial charge in [0.05, 0.1) is 18.8 Å². The largest absolute Gasteiger partial charge is 0.411 e. The van der Waals surface area contributed by atoms with Gasteiger partial charge in [-0.05, 0) is 36.0 Å². The van der Waals surface area contributed by atoms with Gasteiger partial charge >= 0.3 is 0 Å². The van der Waals surface area contributed by atoms with Gasteiger partial charge in [0.2, 0.25) is 0 Å². The lowest BCUT2D eigenvalue weighted by Gasteiger charge is -2.48. The average molecular weight is 389 g/mol. The number of hydrogen-bond donors (Lipinski definition) is 0. The van der Waals surface area contributed by atoms with Crippen LogP contribution in [0.4, 0.5) is 0 Å². The van der Waals surface area contributed by atoms with Gasteiger partial charge in [0, 0.05) is 11.8 Å². The zero-order valence-electron chi connectivity index (χ0n) is 17.8. The summed E-state index contributed by atoms with van der Waals surface area (Å²) in [5.41, 5.74) is 1.13. The first-order valence-corrected chi connectivity index (χ1v) is 12.9. The molecule has 0 radical (unpaired) electrons. The summed E-state index contributed by atoms with van der Waals surface area (Å²) in [7, 11) is -1.96. The van der Waals surface area contributed by atoms with Crippen molar-refractivity contribution in [3.63, 3.8) is 0 Å². The molecule has 2 rings (SSSR count). The molecule has 4 heteroatoms. The maximum absolute atomic E-state index is 11.7. The van der Waals surface area contributed by atoms with Gasteiger partial charge in [-0.25, -0.2) is 0 Å². The molecule has 0 N–H and O–H groups in total. The molecule has 27 heavy (non-hydrogen) atoms.